The third-order valence-electron chi connectivity index (χ3n) is 7.31. The van der Waals surface area contributed by atoms with Crippen molar-refractivity contribution in [3.63, 3.8) is 0 Å². The molecule has 0 amide bonds. The molecule has 2 fully saturated rings. The molecule has 2 aromatic heterocycles. The monoisotopic (exact) mass is 596 g/mol. The molecule has 12 heteroatoms. The Balaban J connectivity index is 0.000000467. The zero-order valence-corrected chi connectivity index (χ0v) is 24.7. The van der Waals surface area contributed by atoms with Crippen molar-refractivity contribution in [3.8, 4) is 5.75 Å². The molecule has 2 aliphatic heterocycles. The van der Waals surface area contributed by atoms with E-state index in [9.17, 15) is 9.59 Å². The van der Waals surface area contributed by atoms with E-state index >= 15 is 0 Å². The highest BCUT2D eigenvalue weighted by Crippen LogP contribution is 2.33. The SMILES string of the molecule is CN(C)Cc1c(OCc2ccccn2)ccc2c(CCC3CCN(CC4OCCO4)CC3)noc12.O=C(O)C=CC(=O)O. The van der Waals surface area contributed by atoms with Crippen molar-refractivity contribution in [2.75, 3.05) is 46.9 Å². The van der Waals surface area contributed by atoms with Gasteiger partial charge in [-0.05, 0) is 83.1 Å². The Bertz CT molecular complexity index is 1330. The summed E-state index contributed by atoms with van der Waals surface area (Å²) in [5.41, 5.74) is 3.81. The minimum Gasteiger partial charge on any atom is -0.487 e. The smallest absolute Gasteiger partial charge is 0.328 e. The zero-order valence-electron chi connectivity index (χ0n) is 24.7. The minimum absolute atomic E-state index is 0.0396. The van der Waals surface area contributed by atoms with Gasteiger partial charge in [0.25, 0.3) is 0 Å². The third-order valence-corrected chi connectivity index (χ3v) is 7.31. The third kappa shape index (κ3) is 10.1. The molecule has 0 radical (unpaired) electrons. The van der Waals surface area contributed by atoms with Crippen LogP contribution in [0.2, 0.25) is 0 Å². The molecule has 5 rings (SSSR count). The second kappa shape index (κ2) is 16.1. The Hall–Kier alpha value is -3.84. The number of rotatable bonds is 12. The summed E-state index contributed by atoms with van der Waals surface area (Å²) in [5.74, 6) is -0.979. The van der Waals surface area contributed by atoms with Crippen LogP contribution in [0, 0.1) is 5.92 Å². The van der Waals surface area contributed by atoms with Crippen LogP contribution in [0.5, 0.6) is 5.75 Å². The number of aromatic nitrogens is 2. The fourth-order valence-corrected chi connectivity index (χ4v) is 5.17. The predicted molar refractivity (Wildman–Crippen MR) is 158 cm³/mol. The first-order valence-electron chi connectivity index (χ1n) is 14.5. The van der Waals surface area contributed by atoms with Gasteiger partial charge in [-0.1, -0.05) is 11.2 Å². The number of carbonyl (C=O) groups is 2. The summed E-state index contributed by atoms with van der Waals surface area (Å²) >= 11 is 0. The van der Waals surface area contributed by atoms with Crippen molar-refractivity contribution < 1.29 is 38.5 Å². The van der Waals surface area contributed by atoms with Gasteiger partial charge >= 0.3 is 11.9 Å². The molecular formula is C31H40N4O8. The number of pyridine rings is 1. The van der Waals surface area contributed by atoms with Crippen molar-refractivity contribution in [2.24, 2.45) is 5.92 Å². The number of benzene rings is 1. The molecule has 2 saturated heterocycles. The molecule has 0 bridgehead atoms. The van der Waals surface area contributed by atoms with Crippen molar-refractivity contribution >= 4 is 22.9 Å². The van der Waals surface area contributed by atoms with Crippen LogP contribution in [0.3, 0.4) is 0 Å². The van der Waals surface area contributed by atoms with E-state index in [1.807, 2.05) is 18.2 Å². The lowest BCUT2D eigenvalue weighted by Crippen LogP contribution is -2.39. The van der Waals surface area contributed by atoms with Crippen LogP contribution in [-0.4, -0.2) is 95.3 Å². The number of likely N-dealkylation sites (tertiary alicyclic amines) is 1. The lowest BCUT2D eigenvalue weighted by atomic mass is 9.91. The second-order valence-corrected chi connectivity index (χ2v) is 10.9. The molecule has 0 atom stereocenters. The summed E-state index contributed by atoms with van der Waals surface area (Å²) in [4.78, 5) is 28.1. The number of aliphatic carboxylic acids is 2. The lowest BCUT2D eigenvalue weighted by Gasteiger charge is -2.32. The average Bonchev–Trinajstić information content (AvgIpc) is 3.66. The number of carboxylic acids is 2. The molecule has 3 aromatic rings. The van der Waals surface area contributed by atoms with Gasteiger partial charge in [-0.2, -0.15) is 0 Å². The zero-order chi connectivity index (χ0) is 30.6. The maximum absolute atomic E-state index is 9.55. The number of ether oxygens (including phenoxy) is 3. The first kappa shape index (κ1) is 32.1. The van der Waals surface area contributed by atoms with Gasteiger partial charge in [-0.15, -0.1) is 0 Å². The molecule has 0 aliphatic carbocycles. The number of nitrogens with zero attached hydrogens (tertiary/aromatic N) is 4. The van der Waals surface area contributed by atoms with Gasteiger partial charge in [-0.3, -0.25) is 9.88 Å². The number of aryl methyl sites for hydroxylation is 1. The van der Waals surface area contributed by atoms with E-state index in [0.29, 0.717) is 24.7 Å². The fraction of sp³-hybridized carbons (Fsp3) is 0.484. The van der Waals surface area contributed by atoms with E-state index in [2.05, 4.69) is 46.2 Å². The molecule has 2 N–H and O–H groups in total. The molecule has 12 nitrogen and oxygen atoms in total. The largest absolute Gasteiger partial charge is 0.487 e. The molecule has 0 unspecified atom stereocenters. The van der Waals surface area contributed by atoms with Crippen molar-refractivity contribution in [2.45, 2.75) is 45.1 Å². The molecular weight excluding hydrogens is 556 g/mol. The Morgan fingerprint density at radius 2 is 1.79 bits per heavy atom. The van der Waals surface area contributed by atoms with Crippen LogP contribution >= 0.6 is 0 Å². The number of carboxylic acid groups (broad SMARTS) is 2. The van der Waals surface area contributed by atoms with E-state index in [1.54, 1.807) is 6.20 Å². The number of hydrogen-bond acceptors (Lipinski definition) is 10. The molecule has 1 aromatic carbocycles. The van der Waals surface area contributed by atoms with E-state index in [0.717, 1.165) is 85.9 Å². The van der Waals surface area contributed by atoms with Crippen LogP contribution in [-0.2, 0) is 38.6 Å². The Labute approximate surface area is 250 Å². The lowest BCUT2D eigenvalue weighted by molar-refractivity contribution is -0.134. The van der Waals surface area contributed by atoms with E-state index < -0.39 is 11.9 Å². The van der Waals surface area contributed by atoms with Crippen LogP contribution in [0.25, 0.3) is 11.0 Å². The van der Waals surface area contributed by atoms with Gasteiger partial charge in [0.2, 0.25) is 0 Å². The Kier molecular flexibility index (Phi) is 12.0. The quantitative estimate of drug-likeness (QED) is 0.294. The van der Waals surface area contributed by atoms with Crippen molar-refractivity contribution in [1.82, 2.24) is 19.9 Å². The van der Waals surface area contributed by atoms with E-state index in [4.69, 9.17) is 28.9 Å². The number of piperidine rings is 1. The number of hydrogen-bond donors (Lipinski definition) is 2. The minimum atomic E-state index is -1.26. The Morgan fingerprint density at radius 3 is 2.42 bits per heavy atom. The molecule has 0 saturated carbocycles. The predicted octanol–water partition coefficient (Wildman–Crippen LogP) is 3.59. The van der Waals surface area contributed by atoms with E-state index in [-0.39, 0.29) is 6.29 Å². The maximum atomic E-state index is 9.55. The summed E-state index contributed by atoms with van der Waals surface area (Å²) < 4.78 is 23.3. The maximum Gasteiger partial charge on any atom is 0.328 e. The van der Waals surface area contributed by atoms with Gasteiger partial charge in [0.1, 0.15) is 12.4 Å². The standard InChI is InChI=1S/C27H36N4O4.C4H4O4/c1-30(2)17-23-25(34-19-21-5-3-4-12-28-21)9-7-22-24(29-35-27(22)23)8-6-20-10-13-31(14-11-20)18-26-32-15-16-33-26;5-3(6)1-2-4(7)8/h3-5,7,9,12,20,26H,6,8,10-11,13-19H2,1-2H3;1-2H,(H,5,6)(H,7,8). The summed E-state index contributed by atoms with van der Waals surface area (Å²) in [6.07, 6.45) is 7.34. The highest BCUT2D eigenvalue weighted by Gasteiger charge is 2.25. The molecule has 4 heterocycles. The first-order valence-corrected chi connectivity index (χ1v) is 14.5. The average molecular weight is 597 g/mol. The number of fused-ring (bicyclic) bond motifs is 1. The fourth-order valence-electron chi connectivity index (χ4n) is 5.17. The van der Waals surface area contributed by atoms with E-state index in [1.165, 1.54) is 12.8 Å². The van der Waals surface area contributed by atoms with Crippen LogP contribution in [0.15, 0.2) is 53.2 Å². The Morgan fingerprint density at radius 1 is 1.07 bits per heavy atom. The topological polar surface area (TPSA) is 148 Å². The van der Waals surface area contributed by atoms with Gasteiger partial charge in [0.15, 0.2) is 11.9 Å². The summed E-state index contributed by atoms with van der Waals surface area (Å²) in [7, 11) is 4.10. The summed E-state index contributed by atoms with van der Waals surface area (Å²) in [6, 6.07) is 10.00. The van der Waals surface area contributed by atoms with Gasteiger partial charge in [0.05, 0.1) is 30.2 Å². The molecule has 232 valence electrons. The van der Waals surface area contributed by atoms with Crippen LogP contribution in [0.4, 0.5) is 0 Å². The molecule has 2 aliphatic rings. The van der Waals surface area contributed by atoms with Crippen LogP contribution < -0.4 is 4.74 Å². The highest BCUT2D eigenvalue weighted by molar-refractivity contribution is 5.89. The summed E-state index contributed by atoms with van der Waals surface area (Å²) in [5, 5.41) is 21.2. The molecule has 0 spiro atoms. The summed E-state index contributed by atoms with van der Waals surface area (Å²) in [6.45, 7) is 5.69. The molecule has 43 heavy (non-hydrogen) atoms. The van der Waals surface area contributed by atoms with Crippen molar-refractivity contribution in [3.05, 3.63) is 65.6 Å². The van der Waals surface area contributed by atoms with Gasteiger partial charge in [0, 0.05) is 36.8 Å². The normalized spacial score (nSPS) is 16.5. The first-order chi connectivity index (χ1) is 20.8. The second-order valence-electron chi connectivity index (χ2n) is 10.9. The van der Waals surface area contributed by atoms with Gasteiger partial charge in [-0.25, -0.2) is 9.59 Å². The van der Waals surface area contributed by atoms with Gasteiger partial charge < -0.3 is 33.8 Å². The van der Waals surface area contributed by atoms with Crippen LogP contribution in [0.1, 0.15) is 36.2 Å². The van der Waals surface area contributed by atoms with Crippen molar-refractivity contribution in [1.29, 1.82) is 0 Å². The highest BCUT2D eigenvalue weighted by atomic mass is 16.7.